The zero-order valence-electron chi connectivity index (χ0n) is 18.9. The maximum atomic E-state index is 13.4. The number of allylic oxidation sites excluding steroid dienone is 1. The molecular formula is C25H25N3O5. The van der Waals surface area contributed by atoms with E-state index in [0.29, 0.717) is 28.4 Å². The molecule has 0 bridgehead atoms. The normalized spacial score (nSPS) is 15.0. The summed E-state index contributed by atoms with van der Waals surface area (Å²) in [5, 5.41) is 3.09. The van der Waals surface area contributed by atoms with Gasteiger partial charge in [-0.15, -0.1) is 0 Å². The van der Waals surface area contributed by atoms with Crippen molar-refractivity contribution in [3.05, 3.63) is 103 Å². The number of carbonyl (C=O) groups excluding carboxylic acids is 1. The fourth-order valence-corrected chi connectivity index (χ4v) is 4.18. The van der Waals surface area contributed by atoms with Gasteiger partial charge in [0.15, 0.2) is 0 Å². The van der Waals surface area contributed by atoms with Crippen LogP contribution in [0.3, 0.4) is 0 Å². The van der Waals surface area contributed by atoms with Crippen LogP contribution in [0.1, 0.15) is 29.5 Å². The van der Waals surface area contributed by atoms with Crippen LogP contribution in [-0.4, -0.2) is 22.2 Å². The zero-order chi connectivity index (χ0) is 23.7. The molecule has 4 rings (SSSR count). The van der Waals surface area contributed by atoms with Crippen LogP contribution in [-0.2, 0) is 30.2 Å². The number of para-hydroxylation sites is 1. The minimum atomic E-state index is -0.786. The fraction of sp³-hybridized carbons (Fsp3) is 0.240. The van der Waals surface area contributed by atoms with Gasteiger partial charge in [0.25, 0.3) is 5.56 Å². The molecule has 2 aromatic carbocycles. The number of nitrogens with one attached hydrogen (secondary N) is 1. The second-order valence-corrected chi connectivity index (χ2v) is 7.87. The number of nitrogens with zero attached hydrogens (tertiary/aromatic N) is 2. The van der Waals surface area contributed by atoms with E-state index >= 15 is 0 Å². The molecule has 8 heteroatoms. The average molecular weight is 447 g/mol. The van der Waals surface area contributed by atoms with E-state index in [1.165, 1.54) is 18.7 Å². The van der Waals surface area contributed by atoms with Crippen molar-refractivity contribution in [1.29, 1.82) is 0 Å². The summed E-state index contributed by atoms with van der Waals surface area (Å²) >= 11 is 0. The summed E-state index contributed by atoms with van der Waals surface area (Å²) in [5.74, 6) is -0.476. The summed E-state index contributed by atoms with van der Waals surface area (Å²) in [4.78, 5) is 39.3. The monoisotopic (exact) mass is 447 g/mol. The van der Waals surface area contributed by atoms with Gasteiger partial charge in [0, 0.05) is 25.4 Å². The van der Waals surface area contributed by atoms with Gasteiger partial charge in [-0.05, 0) is 18.6 Å². The summed E-state index contributed by atoms with van der Waals surface area (Å²) < 4.78 is 13.6. The molecule has 0 aliphatic carbocycles. The summed E-state index contributed by atoms with van der Waals surface area (Å²) in [6.07, 6.45) is 0. The maximum Gasteiger partial charge on any atom is 0.337 e. The highest BCUT2D eigenvalue weighted by Crippen LogP contribution is 2.43. The predicted molar refractivity (Wildman–Crippen MR) is 124 cm³/mol. The van der Waals surface area contributed by atoms with Crippen molar-refractivity contribution in [3.63, 3.8) is 0 Å². The molecule has 33 heavy (non-hydrogen) atoms. The van der Waals surface area contributed by atoms with E-state index in [1.54, 1.807) is 26.1 Å². The largest absolute Gasteiger partial charge is 0.496 e. The molecule has 2 heterocycles. The van der Waals surface area contributed by atoms with Crippen molar-refractivity contribution >= 4 is 11.8 Å². The lowest BCUT2D eigenvalue weighted by Gasteiger charge is -2.31. The third-order valence-corrected chi connectivity index (χ3v) is 5.87. The quantitative estimate of drug-likeness (QED) is 0.605. The van der Waals surface area contributed by atoms with Gasteiger partial charge in [0.2, 0.25) is 0 Å². The number of fused-ring (bicyclic) bond motifs is 1. The topological polar surface area (TPSA) is 91.6 Å². The molecule has 0 fully saturated rings. The SMILES string of the molecule is COc1ccccc1[C@@H]1C(C(=O)OCc2ccccc2)=C(C)Nc2c1c(=O)n(C)c(=O)n2C. The Balaban J connectivity index is 1.90. The fourth-order valence-electron chi connectivity index (χ4n) is 4.18. The van der Waals surface area contributed by atoms with E-state index in [-0.39, 0.29) is 12.2 Å². The van der Waals surface area contributed by atoms with Gasteiger partial charge in [-0.3, -0.25) is 13.9 Å². The van der Waals surface area contributed by atoms with Crippen LogP contribution < -0.4 is 21.3 Å². The number of methoxy groups -OCH3 is 1. The Morgan fingerprint density at radius 2 is 1.67 bits per heavy atom. The second-order valence-electron chi connectivity index (χ2n) is 7.87. The number of aromatic nitrogens is 2. The molecule has 1 aliphatic heterocycles. The van der Waals surface area contributed by atoms with Crippen LogP contribution in [0.25, 0.3) is 0 Å². The number of hydrogen-bond donors (Lipinski definition) is 1. The van der Waals surface area contributed by atoms with E-state index in [1.807, 2.05) is 42.5 Å². The van der Waals surface area contributed by atoms with Crippen LogP contribution in [0.15, 0.2) is 75.5 Å². The van der Waals surface area contributed by atoms with Gasteiger partial charge in [0.05, 0.1) is 24.2 Å². The molecule has 0 saturated carbocycles. The lowest BCUT2D eigenvalue weighted by atomic mass is 9.81. The molecule has 3 aromatic rings. The third kappa shape index (κ3) is 3.84. The minimum Gasteiger partial charge on any atom is -0.496 e. The Labute approximate surface area is 190 Å². The van der Waals surface area contributed by atoms with E-state index < -0.39 is 23.1 Å². The van der Waals surface area contributed by atoms with Crippen LogP contribution in [0.2, 0.25) is 0 Å². The lowest BCUT2D eigenvalue weighted by Crippen LogP contribution is -2.43. The molecule has 0 saturated heterocycles. The van der Waals surface area contributed by atoms with Crippen LogP contribution in [0.5, 0.6) is 5.75 Å². The molecule has 1 N–H and O–H groups in total. The third-order valence-electron chi connectivity index (χ3n) is 5.87. The maximum absolute atomic E-state index is 13.4. The molecule has 0 unspecified atom stereocenters. The Kier molecular flexibility index (Phi) is 5.91. The highest BCUT2D eigenvalue weighted by Gasteiger charge is 2.38. The number of esters is 1. The van der Waals surface area contributed by atoms with Gasteiger partial charge in [-0.1, -0.05) is 48.5 Å². The minimum absolute atomic E-state index is 0.0905. The number of benzene rings is 2. The summed E-state index contributed by atoms with van der Waals surface area (Å²) in [7, 11) is 4.53. The molecule has 0 radical (unpaired) electrons. The Hall–Kier alpha value is -4.07. The molecule has 1 atom stereocenters. The smallest absolute Gasteiger partial charge is 0.337 e. The van der Waals surface area contributed by atoms with Crippen molar-refractivity contribution in [2.75, 3.05) is 12.4 Å². The average Bonchev–Trinajstić information content (AvgIpc) is 2.84. The number of hydrogen-bond acceptors (Lipinski definition) is 6. The highest BCUT2D eigenvalue weighted by molar-refractivity contribution is 5.94. The van der Waals surface area contributed by atoms with Crippen molar-refractivity contribution in [3.8, 4) is 5.75 Å². The number of carbonyl (C=O) groups is 1. The van der Waals surface area contributed by atoms with Gasteiger partial charge in [-0.25, -0.2) is 9.59 Å². The number of ether oxygens (including phenoxy) is 2. The van der Waals surface area contributed by atoms with Gasteiger partial charge < -0.3 is 14.8 Å². The molecule has 0 amide bonds. The van der Waals surface area contributed by atoms with Gasteiger partial charge in [0.1, 0.15) is 18.2 Å². The van der Waals surface area contributed by atoms with Crippen molar-refractivity contribution in [2.24, 2.45) is 14.1 Å². The van der Waals surface area contributed by atoms with E-state index in [9.17, 15) is 14.4 Å². The molecule has 1 aromatic heterocycles. The van der Waals surface area contributed by atoms with Crippen LogP contribution in [0, 0.1) is 0 Å². The summed E-state index contributed by atoms with van der Waals surface area (Å²) in [6.45, 7) is 1.82. The highest BCUT2D eigenvalue weighted by atomic mass is 16.5. The Morgan fingerprint density at radius 3 is 2.36 bits per heavy atom. The standard InChI is InChI=1S/C25H25N3O5/c1-15-19(24(30)33-14-16-10-6-5-7-11-16)20(17-12-8-9-13-18(17)32-4)21-22(26-15)27(2)25(31)28(3)23(21)29/h5-13,20,26H,14H2,1-4H3/t20-/m1/s1. The first kappa shape index (κ1) is 22.1. The van der Waals surface area contributed by atoms with Gasteiger partial charge >= 0.3 is 11.7 Å². The van der Waals surface area contributed by atoms with Crippen molar-refractivity contribution < 1.29 is 14.3 Å². The van der Waals surface area contributed by atoms with Crippen molar-refractivity contribution in [2.45, 2.75) is 19.4 Å². The molecular weight excluding hydrogens is 422 g/mol. The summed E-state index contributed by atoms with van der Waals surface area (Å²) in [6, 6.07) is 16.6. The Morgan fingerprint density at radius 1 is 1.00 bits per heavy atom. The molecule has 8 nitrogen and oxygen atoms in total. The number of rotatable bonds is 5. The Bertz CT molecular complexity index is 1370. The lowest BCUT2D eigenvalue weighted by molar-refractivity contribution is -0.140. The van der Waals surface area contributed by atoms with Crippen LogP contribution >= 0.6 is 0 Å². The van der Waals surface area contributed by atoms with Crippen LogP contribution in [0.4, 0.5) is 5.82 Å². The number of anilines is 1. The predicted octanol–water partition coefficient (Wildman–Crippen LogP) is 2.67. The molecule has 0 spiro atoms. The van der Waals surface area contributed by atoms with Gasteiger partial charge in [-0.2, -0.15) is 0 Å². The zero-order valence-corrected chi connectivity index (χ0v) is 18.9. The first-order valence-corrected chi connectivity index (χ1v) is 10.5. The second kappa shape index (κ2) is 8.82. The molecule has 1 aliphatic rings. The summed E-state index contributed by atoms with van der Waals surface area (Å²) in [5.41, 5.74) is 1.59. The van der Waals surface area contributed by atoms with E-state index in [4.69, 9.17) is 9.47 Å². The van der Waals surface area contributed by atoms with E-state index in [2.05, 4.69) is 5.32 Å². The van der Waals surface area contributed by atoms with E-state index in [0.717, 1.165) is 10.1 Å². The first-order valence-electron chi connectivity index (χ1n) is 10.5. The first-order chi connectivity index (χ1) is 15.8. The molecule has 170 valence electrons. The van der Waals surface area contributed by atoms with Crippen molar-refractivity contribution in [1.82, 2.24) is 9.13 Å².